The summed E-state index contributed by atoms with van der Waals surface area (Å²) >= 11 is 0. The van der Waals surface area contributed by atoms with E-state index in [0.29, 0.717) is 11.3 Å². The summed E-state index contributed by atoms with van der Waals surface area (Å²) in [7, 11) is -7.17. The zero-order chi connectivity index (χ0) is 26.8. The number of carbonyl (C=O) groups is 1. The molecule has 3 aromatic carbocycles. The fraction of sp³-hybridized carbons (Fsp3) is 0.296. The van der Waals surface area contributed by atoms with Crippen LogP contribution in [0.1, 0.15) is 27.0 Å². The number of anilines is 1. The Morgan fingerprint density at radius 3 is 1.78 bits per heavy atom. The van der Waals surface area contributed by atoms with Crippen LogP contribution in [0.3, 0.4) is 0 Å². The zero-order valence-electron chi connectivity index (χ0n) is 21.2. The Labute approximate surface area is 219 Å². The van der Waals surface area contributed by atoms with Crippen molar-refractivity contribution in [2.75, 3.05) is 36.7 Å². The highest BCUT2D eigenvalue weighted by molar-refractivity contribution is 7.92. The lowest BCUT2D eigenvalue weighted by atomic mass is 10.1. The van der Waals surface area contributed by atoms with Crippen molar-refractivity contribution < 1.29 is 21.6 Å². The van der Waals surface area contributed by atoms with Gasteiger partial charge >= 0.3 is 0 Å². The maximum atomic E-state index is 13.1. The molecule has 0 radical (unpaired) electrons. The molecule has 8 nitrogen and oxygen atoms in total. The number of benzene rings is 3. The SMILES string of the molecule is Cc1ccc(CN(c2ccc(C(=O)N3CCN(S(=O)(=O)c4ccc(C)cc4)CC3)cc2)S(C)(=O)=O)cc1. The average molecular weight is 542 g/mol. The molecule has 0 atom stereocenters. The zero-order valence-corrected chi connectivity index (χ0v) is 22.8. The molecule has 1 fully saturated rings. The van der Waals surface area contributed by atoms with Gasteiger partial charge in [0.1, 0.15) is 0 Å². The fourth-order valence-electron chi connectivity index (χ4n) is 4.20. The van der Waals surface area contributed by atoms with E-state index < -0.39 is 20.0 Å². The molecule has 1 saturated heterocycles. The van der Waals surface area contributed by atoms with Crippen LogP contribution in [0.5, 0.6) is 0 Å². The van der Waals surface area contributed by atoms with Gasteiger partial charge in [0.2, 0.25) is 20.0 Å². The van der Waals surface area contributed by atoms with E-state index in [-0.39, 0.29) is 43.5 Å². The quantitative estimate of drug-likeness (QED) is 0.457. The minimum Gasteiger partial charge on any atom is -0.336 e. The summed E-state index contributed by atoms with van der Waals surface area (Å²) in [6.45, 7) is 5.01. The van der Waals surface area contributed by atoms with Crippen LogP contribution in [0.25, 0.3) is 0 Å². The van der Waals surface area contributed by atoms with Crippen LogP contribution < -0.4 is 4.31 Å². The van der Waals surface area contributed by atoms with E-state index in [0.717, 1.165) is 22.9 Å². The Morgan fingerprint density at radius 1 is 0.757 bits per heavy atom. The van der Waals surface area contributed by atoms with Crippen molar-refractivity contribution in [3.05, 3.63) is 95.1 Å². The largest absolute Gasteiger partial charge is 0.336 e. The molecule has 3 aromatic rings. The van der Waals surface area contributed by atoms with Crippen LogP contribution in [-0.2, 0) is 26.6 Å². The molecule has 0 N–H and O–H groups in total. The molecule has 10 heteroatoms. The van der Waals surface area contributed by atoms with Gasteiger partial charge in [-0.05, 0) is 55.8 Å². The first kappa shape index (κ1) is 26.8. The molecular weight excluding hydrogens is 510 g/mol. The van der Waals surface area contributed by atoms with E-state index in [1.807, 2.05) is 38.1 Å². The van der Waals surface area contributed by atoms with Crippen LogP contribution in [0.2, 0.25) is 0 Å². The third-order valence-electron chi connectivity index (χ3n) is 6.43. The number of nitrogens with zero attached hydrogens (tertiary/aromatic N) is 3. The Balaban J connectivity index is 1.43. The topological polar surface area (TPSA) is 95.1 Å². The Hall–Kier alpha value is -3.21. The van der Waals surface area contributed by atoms with Crippen LogP contribution in [-0.4, -0.2) is 64.4 Å². The standard InChI is InChI=1S/C27H31N3O5S2/c1-21-4-8-23(9-5-21)20-30(36(3,32)33)25-12-10-24(11-13-25)27(31)28-16-18-29(19-17-28)37(34,35)26-14-6-22(2)7-15-26/h4-15H,16-20H2,1-3H3. The van der Waals surface area contributed by atoms with Gasteiger partial charge in [0, 0.05) is 31.7 Å². The predicted octanol–water partition coefficient (Wildman–Crippen LogP) is 3.42. The molecule has 1 amide bonds. The summed E-state index contributed by atoms with van der Waals surface area (Å²) in [6, 6.07) is 20.9. The molecule has 0 spiro atoms. The van der Waals surface area contributed by atoms with E-state index in [9.17, 15) is 21.6 Å². The van der Waals surface area contributed by atoms with Crippen molar-refractivity contribution in [2.45, 2.75) is 25.3 Å². The summed E-state index contributed by atoms with van der Waals surface area (Å²) in [4.78, 5) is 15.0. The van der Waals surface area contributed by atoms with Crippen molar-refractivity contribution in [1.29, 1.82) is 0 Å². The molecule has 37 heavy (non-hydrogen) atoms. The monoisotopic (exact) mass is 541 g/mol. The van der Waals surface area contributed by atoms with E-state index in [1.165, 1.54) is 8.61 Å². The van der Waals surface area contributed by atoms with Crippen LogP contribution in [0.15, 0.2) is 77.7 Å². The van der Waals surface area contributed by atoms with Crippen molar-refractivity contribution in [1.82, 2.24) is 9.21 Å². The first-order valence-electron chi connectivity index (χ1n) is 11.9. The van der Waals surface area contributed by atoms with E-state index in [4.69, 9.17) is 0 Å². The summed E-state index contributed by atoms with van der Waals surface area (Å²) in [5.41, 5.74) is 3.81. The highest BCUT2D eigenvalue weighted by Crippen LogP contribution is 2.23. The molecule has 1 heterocycles. The minimum absolute atomic E-state index is 0.184. The summed E-state index contributed by atoms with van der Waals surface area (Å²) in [5, 5.41) is 0. The van der Waals surface area contributed by atoms with Crippen LogP contribution >= 0.6 is 0 Å². The number of aryl methyl sites for hydroxylation is 2. The van der Waals surface area contributed by atoms with Gasteiger partial charge in [-0.3, -0.25) is 9.10 Å². The van der Waals surface area contributed by atoms with Crippen LogP contribution in [0.4, 0.5) is 5.69 Å². The number of sulfonamides is 2. The van der Waals surface area contributed by atoms with Gasteiger partial charge in [-0.25, -0.2) is 16.8 Å². The average Bonchev–Trinajstić information content (AvgIpc) is 2.88. The van der Waals surface area contributed by atoms with Crippen molar-refractivity contribution in [2.24, 2.45) is 0 Å². The molecule has 196 valence electrons. The second-order valence-corrected chi connectivity index (χ2v) is 13.2. The molecule has 4 rings (SSSR count). The van der Waals surface area contributed by atoms with Gasteiger partial charge in [0.25, 0.3) is 5.91 Å². The Bertz CT molecular complexity index is 1460. The smallest absolute Gasteiger partial charge is 0.253 e. The number of hydrogen-bond donors (Lipinski definition) is 0. The number of rotatable bonds is 7. The third-order valence-corrected chi connectivity index (χ3v) is 9.49. The lowest BCUT2D eigenvalue weighted by Crippen LogP contribution is -2.50. The van der Waals surface area contributed by atoms with E-state index in [2.05, 4.69) is 0 Å². The van der Waals surface area contributed by atoms with E-state index in [1.54, 1.807) is 53.4 Å². The van der Waals surface area contributed by atoms with Crippen molar-refractivity contribution >= 4 is 31.6 Å². The van der Waals surface area contributed by atoms with Crippen molar-refractivity contribution in [3.8, 4) is 0 Å². The Morgan fingerprint density at radius 2 is 1.27 bits per heavy atom. The summed E-state index contributed by atoms with van der Waals surface area (Å²) in [6.07, 6.45) is 1.16. The second kappa shape index (κ2) is 10.6. The molecule has 0 unspecified atom stereocenters. The molecule has 1 aliphatic rings. The predicted molar refractivity (Wildman–Crippen MR) is 144 cm³/mol. The lowest BCUT2D eigenvalue weighted by molar-refractivity contribution is 0.0698. The number of carbonyl (C=O) groups excluding carboxylic acids is 1. The van der Waals surface area contributed by atoms with Gasteiger partial charge in [0.15, 0.2) is 0 Å². The fourth-order valence-corrected chi connectivity index (χ4v) is 6.51. The molecule has 0 saturated carbocycles. The molecule has 0 bridgehead atoms. The maximum Gasteiger partial charge on any atom is 0.253 e. The number of piperazine rings is 1. The van der Waals surface area contributed by atoms with Gasteiger partial charge < -0.3 is 4.90 Å². The van der Waals surface area contributed by atoms with Crippen molar-refractivity contribution in [3.63, 3.8) is 0 Å². The first-order valence-corrected chi connectivity index (χ1v) is 15.2. The Kier molecular flexibility index (Phi) is 7.72. The maximum absolute atomic E-state index is 13.1. The lowest BCUT2D eigenvalue weighted by Gasteiger charge is -2.34. The number of hydrogen-bond acceptors (Lipinski definition) is 5. The van der Waals surface area contributed by atoms with Gasteiger partial charge in [-0.2, -0.15) is 4.31 Å². The van der Waals surface area contributed by atoms with Gasteiger partial charge in [-0.1, -0.05) is 47.5 Å². The first-order chi connectivity index (χ1) is 17.4. The number of amides is 1. The highest BCUT2D eigenvalue weighted by Gasteiger charge is 2.30. The molecule has 0 aliphatic carbocycles. The minimum atomic E-state index is -3.62. The molecular formula is C27H31N3O5S2. The summed E-state index contributed by atoms with van der Waals surface area (Å²) < 4.78 is 53.6. The van der Waals surface area contributed by atoms with Gasteiger partial charge in [-0.15, -0.1) is 0 Å². The summed E-state index contributed by atoms with van der Waals surface area (Å²) in [5.74, 6) is -0.219. The third kappa shape index (κ3) is 6.20. The van der Waals surface area contributed by atoms with E-state index >= 15 is 0 Å². The molecule has 0 aromatic heterocycles. The van der Waals surface area contributed by atoms with Gasteiger partial charge in [0.05, 0.1) is 23.4 Å². The normalized spacial score (nSPS) is 14.9. The highest BCUT2D eigenvalue weighted by atomic mass is 32.2. The molecule has 1 aliphatic heterocycles. The van der Waals surface area contributed by atoms with Crippen LogP contribution in [0, 0.1) is 13.8 Å². The second-order valence-electron chi connectivity index (χ2n) is 9.31.